The second kappa shape index (κ2) is 6.54. The van der Waals surface area contributed by atoms with Crippen LogP contribution in [0.2, 0.25) is 0 Å². The lowest BCUT2D eigenvalue weighted by molar-refractivity contribution is -0.121. The molecule has 0 bridgehead atoms. The lowest BCUT2D eigenvalue weighted by Crippen LogP contribution is -2.40. The fraction of sp³-hybridized carbons (Fsp3) is 0.800. The van der Waals surface area contributed by atoms with Crippen LogP contribution in [0, 0.1) is 11.8 Å². The predicted octanol–water partition coefficient (Wildman–Crippen LogP) is 1.53. The first kappa shape index (κ1) is 16.6. The lowest BCUT2D eigenvalue weighted by Gasteiger charge is -2.31. The largest absolute Gasteiger partial charge is 0.444 e. The molecule has 0 aromatic rings. The molecule has 0 spiro atoms. The topological polar surface area (TPSA) is 96.5 Å². The highest BCUT2D eigenvalue weighted by atomic mass is 16.6. The number of rotatable bonds is 3. The Bertz CT molecular complexity index is 450. The average molecular weight is 311 g/mol. The molecule has 1 aliphatic carbocycles. The zero-order valence-electron chi connectivity index (χ0n) is 13.4. The Labute approximate surface area is 130 Å². The SMILES string of the molecule is CC(C)(C)OC(=O)NCC1CCC(C2NC(=O)NC2=O)CC1. The molecule has 0 aromatic carbocycles. The van der Waals surface area contributed by atoms with Crippen LogP contribution in [0.15, 0.2) is 0 Å². The standard InChI is InChI=1S/C15H25N3O4/c1-15(2,3)22-14(21)16-8-9-4-6-10(7-5-9)11-12(19)18-13(20)17-11/h9-11H,4-8H2,1-3H3,(H,16,21)(H2,17,18,19,20). The molecule has 0 aromatic heterocycles. The van der Waals surface area contributed by atoms with Gasteiger partial charge in [-0.25, -0.2) is 9.59 Å². The minimum atomic E-state index is -0.490. The highest BCUT2D eigenvalue weighted by molar-refractivity contribution is 6.04. The maximum Gasteiger partial charge on any atom is 0.407 e. The Balaban J connectivity index is 1.70. The van der Waals surface area contributed by atoms with Crippen LogP contribution in [-0.4, -0.2) is 36.2 Å². The molecule has 1 saturated carbocycles. The number of hydrogen-bond acceptors (Lipinski definition) is 4. The highest BCUT2D eigenvalue weighted by Crippen LogP contribution is 2.31. The Hall–Kier alpha value is -1.79. The normalized spacial score (nSPS) is 28.8. The third-order valence-electron chi connectivity index (χ3n) is 4.10. The van der Waals surface area contributed by atoms with E-state index in [2.05, 4.69) is 16.0 Å². The fourth-order valence-electron chi connectivity index (χ4n) is 3.03. The molecule has 3 N–H and O–H groups in total. The van der Waals surface area contributed by atoms with Gasteiger partial charge < -0.3 is 15.4 Å². The highest BCUT2D eigenvalue weighted by Gasteiger charge is 2.37. The monoisotopic (exact) mass is 311 g/mol. The van der Waals surface area contributed by atoms with E-state index >= 15 is 0 Å². The molecule has 0 radical (unpaired) electrons. The van der Waals surface area contributed by atoms with Crippen LogP contribution in [0.25, 0.3) is 0 Å². The van der Waals surface area contributed by atoms with Crippen molar-refractivity contribution in [2.75, 3.05) is 6.54 Å². The Kier molecular flexibility index (Phi) is 4.93. The van der Waals surface area contributed by atoms with Gasteiger partial charge in [0.25, 0.3) is 5.91 Å². The first-order chi connectivity index (χ1) is 10.2. The van der Waals surface area contributed by atoms with Gasteiger partial charge in [-0.2, -0.15) is 0 Å². The van der Waals surface area contributed by atoms with Crippen molar-refractivity contribution in [3.05, 3.63) is 0 Å². The number of ether oxygens (including phenoxy) is 1. The van der Waals surface area contributed by atoms with Crippen molar-refractivity contribution in [2.45, 2.75) is 58.1 Å². The lowest BCUT2D eigenvalue weighted by atomic mass is 9.78. The third-order valence-corrected chi connectivity index (χ3v) is 4.10. The molecule has 7 heteroatoms. The Morgan fingerprint density at radius 2 is 1.86 bits per heavy atom. The van der Waals surface area contributed by atoms with Gasteiger partial charge in [0.05, 0.1) is 0 Å². The van der Waals surface area contributed by atoms with E-state index in [0.29, 0.717) is 12.5 Å². The Morgan fingerprint density at radius 3 is 2.36 bits per heavy atom. The number of amides is 4. The molecular weight excluding hydrogens is 286 g/mol. The van der Waals surface area contributed by atoms with E-state index in [1.54, 1.807) is 0 Å². The quantitative estimate of drug-likeness (QED) is 0.689. The summed E-state index contributed by atoms with van der Waals surface area (Å²) < 4.78 is 5.21. The van der Waals surface area contributed by atoms with Crippen molar-refractivity contribution in [3.8, 4) is 0 Å². The number of urea groups is 1. The van der Waals surface area contributed by atoms with Gasteiger partial charge in [0.1, 0.15) is 11.6 Å². The number of nitrogens with one attached hydrogen (secondary N) is 3. The fourth-order valence-corrected chi connectivity index (χ4v) is 3.03. The van der Waals surface area contributed by atoms with Gasteiger partial charge >= 0.3 is 12.1 Å². The molecular formula is C15H25N3O4. The summed E-state index contributed by atoms with van der Waals surface area (Å²) in [4.78, 5) is 34.4. The van der Waals surface area contributed by atoms with Crippen LogP contribution < -0.4 is 16.0 Å². The zero-order valence-corrected chi connectivity index (χ0v) is 13.4. The van der Waals surface area contributed by atoms with Crippen LogP contribution in [0.3, 0.4) is 0 Å². The van der Waals surface area contributed by atoms with Gasteiger partial charge in [0.15, 0.2) is 0 Å². The number of alkyl carbamates (subject to hydrolysis) is 1. The summed E-state index contributed by atoms with van der Waals surface area (Å²) in [5.41, 5.74) is -0.490. The number of hydrogen-bond donors (Lipinski definition) is 3. The summed E-state index contributed by atoms with van der Waals surface area (Å²) in [7, 11) is 0. The second-order valence-electron chi connectivity index (χ2n) is 7.10. The first-order valence-corrected chi connectivity index (χ1v) is 7.83. The number of carbonyl (C=O) groups is 3. The van der Waals surface area contributed by atoms with E-state index in [0.717, 1.165) is 25.7 Å². The summed E-state index contributed by atoms with van der Waals surface area (Å²) in [6, 6.07) is -0.795. The molecule has 7 nitrogen and oxygen atoms in total. The van der Waals surface area contributed by atoms with Crippen LogP contribution in [0.4, 0.5) is 9.59 Å². The van der Waals surface area contributed by atoms with E-state index in [-0.39, 0.29) is 11.8 Å². The molecule has 1 aliphatic heterocycles. The number of imide groups is 1. The van der Waals surface area contributed by atoms with Gasteiger partial charge in [0, 0.05) is 6.54 Å². The van der Waals surface area contributed by atoms with E-state index < -0.39 is 23.8 Å². The molecule has 2 aliphatic rings. The van der Waals surface area contributed by atoms with Gasteiger partial charge in [-0.1, -0.05) is 0 Å². The van der Waals surface area contributed by atoms with Crippen molar-refractivity contribution in [1.82, 2.24) is 16.0 Å². The smallest absolute Gasteiger partial charge is 0.407 e. The molecule has 1 unspecified atom stereocenters. The van der Waals surface area contributed by atoms with Crippen LogP contribution >= 0.6 is 0 Å². The van der Waals surface area contributed by atoms with Gasteiger partial charge in [-0.05, 0) is 58.3 Å². The molecule has 1 atom stereocenters. The van der Waals surface area contributed by atoms with Gasteiger partial charge in [0.2, 0.25) is 0 Å². The summed E-state index contributed by atoms with van der Waals surface area (Å²) in [6.45, 7) is 6.08. The molecule has 2 rings (SSSR count). The third kappa shape index (κ3) is 4.61. The summed E-state index contributed by atoms with van der Waals surface area (Å²) >= 11 is 0. The van der Waals surface area contributed by atoms with E-state index in [4.69, 9.17) is 4.74 Å². The molecule has 2 fully saturated rings. The van der Waals surface area contributed by atoms with Crippen molar-refractivity contribution >= 4 is 18.0 Å². The maximum atomic E-state index is 11.6. The summed E-state index contributed by atoms with van der Waals surface area (Å²) in [6.07, 6.45) is 3.22. The molecule has 1 saturated heterocycles. The van der Waals surface area contributed by atoms with Gasteiger partial charge in [-0.15, -0.1) is 0 Å². The molecule has 124 valence electrons. The molecule has 22 heavy (non-hydrogen) atoms. The summed E-state index contributed by atoms with van der Waals surface area (Å²) in [5.74, 6) is 0.355. The van der Waals surface area contributed by atoms with Crippen LogP contribution in [0.1, 0.15) is 46.5 Å². The molecule has 4 amide bonds. The number of carbonyl (C=O) groups excluding carboxylic acids is 3. The first-order valence-electron chi connectivity index (χ1n) is 7.83. The van der Waals surface area contributed by atoms with Crippen LogP contribution in [-0.2, 0) is 9.53 Å². The zero-order chi connectivity index (χ0) is 16.3. The van der Waals surface area contributed by atoms with Crippen LogP contribution in [0.5, 0.6) is 0 Å². The second-order valence-corrected chi connectivity index (χ2v) is 7.10. The van der Waals surface area contributed by atoms with Crippen molar-refractivity contribution in [2.24, 2.45) is 11.8 Å². The minimum Gasteiger partial charge on any atom is -0.444 e. The van der Waals surface area contributed by atoms with E-state index in [9.17, 15) is 14.4 Å². The minimum absolute atomic E-state index is 0.184. The average Bonchev–Trinajstić information content (AvgIpc) is 2.74. The van der Waals surface area contributed by atoms with E-state index in [1.807, 2.05) is 20.8 Å². The maximum absolute atomic E-state index is 11.6. The van der Waals surface area contributed by atoms with Crippen molar-refractivity contribution < 1.29 is 19.1 Å². The van der Waals surface area contributed by atoms with E-state index in [1.165, 1.54) is 0 Å². The summed E-state index contributed by atoms with van der Waals surface area (Å²) in [5, 5.41) is 7.75. The van der Waals surface area contributed by atoms with Crippen molar-refractivity contribution in [3.63, 3.8) is 0 Å². The molecule has 1 heterocycles. The van der Waals surface area contributed by atoms with Crippen molar-refractivity contribution in [1.29, 1.82) is 0 Å². The Morgan fingerprint density at radius 1 is 1.23 bits per heavy atom. The van der Waals surface area contributed by atoms with Gasteiger partial charge in [-0.3, -0.25) is 10.1 Å². The predicted molar refractivity (Wildman–Crippen MR) is 80.1 cm³/mol.